The van der Waals surface area contributed by atoms with Crippen LogP contribution in [0, 0.1) is 0 Å². The lowest BCUT2D eigenvalue weighted by Gasteiger charge is -2.26. The van der Waals surface area contributed by atoms with E-state index in [-0.39, 0.29) is 5.91 Å². The van der Waals surface area contributed by atoms with Crippen molar-refractivity contribution in [2.45, 2.75) is 20.4 Å². The van der Waals surface area contributed by atoms with Gasteiger partial charge in [0.05, 0.1) is 19.8 Å². The van der Waals surface area contributed by atoms with E-state index in [4.69, 9.17) is 9.47 Å². The van der Waals surface area contributed by atoms with Crippen molar-refractivity contribution in [3.05, 3.63) is 41.5 Å². The number of ether oxygens (including phenoxy) is 2. The van der Waals surface area contributed by atoms with Crippen molar-refractivity contribution in [2.24, 2.45) is 0 Å². The monoisotopic (exact) mass is 318 g/mol. The zero-order chi connectivity index (χ0) is 16.5. The average molecular weight is 318 g/mol. The molecule has 126 valence electrons. The number of benzene rings is 1. The summed E-state index contributed by atoms with van der Waals surface area (Å²) in [5.41, 5.74) is 2.09. The summed E-state index contributed by atoms with van der Waals surface area (Å²) in [6, 6.07) is 7.79. The number of nitrogens with one attached hydrogen (secondary N) is 1. The van der Waals surface area contributed by atoms with E-state index in [9.17, 15) is 4.79 Å². The highest BCUT2D eigenvalue weighted by atomic mass is 16.5. The fraction of sp³-hybridized carbons (Fsp3) is 0.500. The van der Waals surface area contributed by atoms with Crippen molar-refractivity contribution in [3.63, 3.8) is 0 Å². The van der Waals surface area contributed by atoms with Gasteiger partial charge in [-0.2, -0.15) is 0 Å². The third kappa shape index (κ3) is 6.42. The summed E-state index contributed by atoms with van der Waals surface area (Å²) in [7, 11) is 0. The van der Waals surface area contributed by atoms with Crippen LogP contribution in [0.5, 0.6) is 5.75 Å². The van der Waals surface area contributed by atoms with E-state index in [2.05, 4.69) is 10.2 Å². The summed E-state index contributed by atoms with van der Waals surface area (Å²) in [5.74, 6) is 0.774. The molecule has 5 nitrogen and oxygen atoms in total. The topological polar surface area (TPSA) is 50.8 Å². The number of morpholine rings is 1. The maximum absolute atomic E-state index is 12.0. The maximum Gasteiger partial charge on any atom is 0.244 e. The minimum absolute atomic E-state index is 0.0578. The highest BCUT2D eigenvalue weighted by Gasteiger charge is 2.10. The molecule has 0 saturated carbocycles. The van der Waals surface area contributed by atoms with Crippen LogP contribution < -0.4 is 10.1 Å². The molecule has 1 fully saturated rings. The van der Waals surface area contributed by atoms with E-state index in [0.29, 0.717) is 13.2 Å². The molecule has 0 unspecified atom stereocenters. The van der Waals surface area contributed by atoms with E-state index < -0.39 is 0 Å². The first-order valence-electron chi connectivity index (χ1n) is 8.14. The number of hydrogen-bond donors (Lipinski definition) is 1. The molecule has 1 heterocycles. The molecule has 1 aromatic rings. The molecule has 1 aliphatic rings. The van der Waals surface area contributed by atoms with E-state index in [1.54, 1.807) is 6.08 Å². The third-order valence-corrected chi connectivity index (χ3v) is 3.63. The number of carbonyl (C=O) groups excluding carboxylic acids is 1. The van der Waals surface area contributed by atoms with Crippen molar-refractivity contribution in [3.8, 4) is 5.75 Å². The summed E-state index contributed by atoms with van der Waals surface area (Å²) >= 11 is 0. The molecule has 2 rings (SSSR count). The molecule has 0 aliphatic carbocycles. The van der Waals surface area contributed by atoms with Gasteiger partial charge in [0.2, 0.25) is 5.91 Å². The predicted molar refractivity (Wildman–Crippen MR) is 90.5 cm³/mol. The van der Waals surface area contributed by atoms with Gasteiger partial charge in [0, 0.05) is 32.3 Å². The van der Waals surface area contributed by atoms with E-state index in [0.717, 1.165) is 49.7 Å². The number of hydrogen-bond acceptors (Lipinski definition) is 4. The summed E-state index contributed by atoms with van der Waals surface area (Å²) in [6.45, 7) is 9.30. The fourth-order valence-electron chi connectivity index (χ4n) is 2.53. The van der Waals surface area contributed by atoms with Crippen molar-refractivity contribution in [2.75, 3.05) is 39.5 Å². The van der Waals surface area contributed by atoms with Crippen LogP contribution in [0.15, 0.2) is 35.9 Å². The Kier molecular flexibility index (Phi) is 7.10. The zero-order valence-electron chi connectivity index (χ0n) is 14.0. The minimum Gasteiger partial charge on any atom is -0.494 e. The molecule has 23 heavy (non-hydrogen) atoms. The van der Waals surface area contributed by atoms with Gasteiger partial charge in [-0.1, -0.05) is 17.7 Å². The second-order valence-corrected chi connectivity index (χ2v) is 5.68. The van der Waals surface area contributed by atoms with Crippen LogP contribution >= 0.6 is 0 Å². The third-order valence-electron chi connectivity index (χ3n) is 3.63. The van der Waals surface area contributed by atoms with Gasteiger partial charge in [0.15, 0.2) is 0 Å². The average Bonchev–Trinajstić information content (AvgIpc) is 2.54. The van der Waals surface area contributed by atoms with Gasteiger partial charge in [-0.3, -0.25) is 9.69 Å². The van der Waals surface area contributed by atoms with E-state index in [1.165, 1.54) is 0 Å². The Hall–Kier alpha value is -1.85. The number of carbonyl (C=O) groups is 1. The molecule has 1 aliphatic heterocycles. The molecule has 1 N–H and O–H groups in total. The van der Waals surface area contributed by atoms with Crippen LogP contribution in [-0.2, 0) is 16.1 Å². The Balaban J connectivity index is 1.79. The molecule has 1 saturated heterocycles. The molecule has 1 amide bonds. The van der Waals surface area contributed by atoms with Gasteiger partial charge < -0.3 is 14.8 Å². The fourth-order valence-corrected chi connectivity index (χ4v) is 2.53. The van der Waals surface area contributed by atoms with Gasteiger partial charge in [0.25, 0.3) is 0 Å². The largest absolute Gasteiger partial charge is 0.494 e. The second kappa shape index (κ2) is 9.33. The van der Waals surface area contributed by atoms with Crippen LogP contribution in [0.1, 0.15) is 19.4 Å². The van der Waals surface area contributed by atoms with Gasteiger partial charge >= 0.3 is 0 Å². The Bertz CT molecular complexity index is 537. The Morgan fingerprint density at radius 2 is 2.17 bits per heavy atom. The van der Waals surface area contributed by atoms with Gasteiger partial charge in [-0.05, 0) is 31.5 Å². The van der Waals surface area contributed by atoms with Crippen LogP contribution in [0.2, 0.25) is 0 Å². The summed E-state index contributed by atoms with van der Waals surface area (Å²) in [4.78, 5) is 14.3. The molecule has 1 aromatic carbocycles. The molecular formula is C18H26N2O3. The van der Waals surface area contributed by atoms with E-state index >= 15 is 0 Å². The summed E-state index contributed by atoms with van der Waals surface area (Å²) in [6.07, 6.45) is 1.68. The zero-order valence-corrected chi connectivity index (χ0v) is 14.0. The molecule has 0 radical (unpaired) electrons. The standard InChI is InChI=1S/C18H26N2O3/c1-3-23-17-6-4-5-16(12-17)13-19-18(21)11-15(2)14-20-7-9-22-10-8-20/h4-6,11-12H,3,7-10,13-14H2,1-2H3,(H,19,21). The lowest BCUT2D eigenvalue weighted by molar-refractivity contribution is -0.116. The van der Waals surface area contributed by atoms with Crippen molar-refractivity contribution >= 4 is 5.91 Å². The molecular weight excluding hydrogens is 292 g/mol. The number of rotatable bonds is 7. The smallest absolute Gasteiger partial charge is 0.244 e. The molecule has 0 aromatic heterocycles. The van der Waals surface area contributed by atoms with E-state index in [1.807, 2.05) is 38.1 Å². The minimum atomic E-state index is -0.0578. The van der Waals surface area contributed by atoms with Gasteiger partial charge in [-0.15, -0.1) is 0 Å². The van der Waals surface area contributed by atoms with Crippen LogP contribution in [0.4, 0.5) is 0 Å². The first-order valence-corrected chi connectivity index (χ1v) is 8.14. The predicted octanol–water partition coefficient (Wildman–Crippen LogP) is 1.98. The molecule has 5 heteroatoms. The molecule has 0 bridgehead atoms. The maximum atomic E-state index is 12.0. The first-order chi connectivity index (χ1) is 11.2. The van der Waals surface area contributed by atoms with Crippen LogP contribution in [0.25, 0.3) is 0 Å². The Labute approximate surface area is 138 Å². The summed E-state index contributed by atoms with van der Waals surface area (Å²) < 4.78 is 10.8. The number of amides is 1. The Morgan fingerprint density at radius 3 is 2.91 bits per heavy atom. The molecule has 0 spiro atoms. The summed E-state index contributed by atoms with van der Waals surface area (Å²) in [5, 5.41) is 2.92. The van der Waals surface area contributed by atoms with Crippen LogP contribution in [-0.4, -0.2) is 50.3 Å². The van der Waals surface area contributed by atoms with Crippen molar-refractivity contribution in [1.29, 1.82) is 0 Å². The Morgan fingerprint density at radius 1 is 1.39 bits per heavy atom. The second-order valence-electron chi connectivity index (χ2n) is 5.68. The van der Waals surface area contributed by atoms with Crippen molar-refractivity contribution < 1.29 is 14.3 Å². The lowest BCUT2D eigenvalue weighted by Crippen LogP contribution is -2.37. The highest BCUT2D eigenvalue weighted by Crippen LogP contribution is 2.13. The van der Waals surface area contributed by atoms with Crippen LogP contribution in [0.3, 0.4) is 0 Å². The van der Waals surface area contributed by atoms with Crippen molar-refractivity contribution in [1.82, 2.24) is 10.2 Å². The van der Waals surface area contributed by atoms with Gasteiger partial charge in [-0.25, -0.2) is 0 Å². The SMILES string of the molecule is CCOc1cccc(CNC(=O)C=C(C)CN2CCOCC2)c1. The lowest BCUT2D eigenvalue weighted by atomic mass is 10.2. The number of nitrogens with zero attached hydrogens (tertiary/aromatic N) is 1. The normalized spacial score (nSPS) is 16.2. The van der Waals surface area contributed by atoms with Gasteiger partial charge in [0.1, 0.15) is 5.75 Å². The highest BCUT2D eigenvalue weighted by molar-refractivity contribution is 5.88. The quantitative estimate of drug-likeness (QED) is 0.781. The first kappa shape index (κ1) is 17.5. The molecule has 0 atom stereocenters.